The summed E-state index contributed by atoms with van der Waals surface area (Å²) in [6, 6.07) is 10.8. The van der Waals surface area contributed by atoms with Crippen LogP contribution in [0.3, 0.4) is 0 Å². The number of aromatic nitrogens is 2. The summed E-state index contributed by atoms with van der Waals surface area (Å²) in [4.78, 5) is 4.16. The number of nitrogens with zero attached hydrogens (tertiary/aromatic N) is 4. The summed E-state index contributed by atoms with van der Waals surface area (Å²) < 4.78 is 54.9. The molecule has 2 N–H and O–H groups in total. The van der Waals surface area contributed by atoms with E-state index >= 15 is 0 Å². The monoisotopic (exact) mass is 531 g/mol. The molecule has 5 heterocycles. The molecule has 3 aliphatic heterocycles. The molecule has 0 saturated carbocycles. The Bertz CT molecular complexity index is 1250. The first kappa shape index (κ1) is 25.6. The molecule has 1 aromatic carbocycles. The Morgan fingerprint density at radius 2 is 1.74 bits per heavy atom. The summed E-state index contributed by atoms with van der Waals surface area (Å²) in [5.74, 6) is 0. The number of piperidine rings is 1. The van der Waals surface area contributed by atoms with Crippen molar-refractivity contribution in [2.24, 2.45) is 0 Å². The van der Waals surface area contributed by atoms with Gasteiger partial charge < -0.3 is 24.8 Å². The van der Waals surface area contributed by atoms with E-state index in [1.54, 1.807) is 30.5 Å². The van der Waals surface area contributed by atoms with Crippen molar-refractivity contribution < 1.29 is 27.8 Å². The van der Waals surface area contributed by atoms with Crippen LogP contribution in [-0.2, 0) is 14.9 Å². The highest BCUT2D eigenvalue weighted by molar-refractivity contribution is 5.80. The molecular weight excluding hydrogens is 499 g/mol. The third kappa shape index (κ3) is 4.66. The highest BCUT2D eigenvalue weighted by atomic mass is 19.4. The number of ether oxygens (including phenoxy) is 2. The zero-order chi connectivity index (χ0) is 26.3. The first-order valence-corrected chi connectivity index (χ1v) is 13.1. The summed E-state index contributed by atoms with van der Waals surface area (Å²) >= 11 is 0. The van der Waals surface area contributed by atoms with Gasteiger partial charge in [-0.15, -0.1) is 0 Å². The predicted molar refractivity (Wildman–Crippen MR) is 136 cm³/mol. The molecule has 1 unspecified atom stereocenters. The maximum Gasteiger partial charge on any atom is 0.398 e. The van der Waals surface area contributed by atoms with E-state index < -0.39 is 18.0 Å². The zero-order valence-electron chi connectivity index (χ0n) is 21.0. The van der Waals surface area contributed by atoms with Gasteiger partial charge in [0.2, 0.25) is 6.41 Å². The van der Waals surface area contributed by atoms with Crippen LogP contribution in [0.15, 0.2) is 48.8 Å². The van der Waals surface area contributed by atoms with Gasteiger partial charge in [-0.2, -0.15) is 18.3 Å². The standard InChI is InChI=1S/C27H32F3N5O3/c28-27(29,30)26(6-9-31-10-7-26)21-3-1-19(2-4-21)20-15-24-23(5-8-32-35(24)16-20)33-11-13-34(14-12-33)25(36)38-22-17-37-18-22/h1-5,8,15-16,22,25,31,36H,6-7,9-14,17-18H2. The third-order valence-corrected chi connectivity index (χ3v) is 8.15. The number of aliphatic hydroxyl groups excluding tert-OH is 1. The van der Waals surface area contributed by atoms with Crippen LogP contribution < -0.4 is 10.2 Å². The number of benzene rings is 1. The quantitative estimate of drug-likeness (QED) is 0.474. The molecule has 0 spiro atoms. The number of halogens is 3. The number of fused-ring (bicyclic) bond motifs is 1. The predicted octanol–water partition coefficient (Wildman–Crippen LogP) is 3.00. The number of piperazine rings is 1. The minimum absolute atomic E-state index is 0.0463. The van der Waals surface area contributed by atoms with Gasteiger partial charge in [0.25, 0.3) is 0 Å². The lowest BCUT2D eigenvalue weighted by Crippen LogP contribution is -2.53. The number of hydrogen-bond acceptors (Lipinski definition) is 7. The Hall–Kier alpha value is -2.70. The largest absolute Gasteiger partial charge is 0.398 e. The lowest BCUT2D eigenvalue weighted by Gasteiger charge is -2.39. The molecule has 3 aliphatic rings. The van der Waals surface area contributed by atoms with Crippen molar-refractivity contribution in [3.63, 3.8) is 0 Å². The van der Waals surface area contributed by atoms with Crippen molar-refractivity contribution >= 4 is 11.2 Å². The highest BCUT2D eigenvalue weighted by Crippen LogP contribution is 2.47. The lowest BCUT2D eigenvalue weighted by molar-refractivity contribution is -0.262. The van der Waals surface area contributed by atoms with Gasteiger partial charge in [-0.1, -0.05) is 24.3 Å². The molecule has 3 fully saturated rings. The first-order chi connectivity index (χ1) is 18.3. The Balaban J connectivity index is 1.20. The molecule has 8 nitrogen and oxygen atoms in total. The fraction of sp³-hybridized carbons (Fsp3) is 0.519. The van der Waals surface area contributed by atoms with Gasteiger partial charge in [0, 0.05) is 44.1 Å². The van der Waals surface area contributed by atoms with Crippen LogP contribution in [0.2, 0.25) is 0 Å². The Labute approximate surface area is 218 Å². The Morgan fingerprint density at radius 3 is 2.37 bits per heavy atom. The number of anilines is 1. The van der Waals surface area contributed by atoms with E-state index in [1.165, 1.54) is 0 Å². The number of nitrogens with one attached hydrogen (secondary N) is 1. The van der Waals surface area contributed by atoms with Crippen LogP contribution in [0.1, 0.15) is 18.4 Å². The normalized spacial score (nSPS) is 21.9. The molecular formula is C27H32F3N5O3. The smallest absolute Gasteiger partial charge is 0.376 e. The van der Waals surface area contributed by atoms with Gasteiger partial charge in [0.05, 0.1) is 29.8 Å². The van der Waals surface area contributed by atoms with E-state index in [9.17, 15) is 18.3 Å². The van der Waals surface area contributed by atoms with Gasteiger partial charge in [-0.25, -0.2) is 4.52 Å². The number of aliphatic hydroxyl groups is 1. The van der Waals surface area contributed by atoms with Crippen LogP contribution in [0.25, 0.3) is 16.6 Å². The molecule has 1 atom stereocenters. The molecule has 0 amide bonds. The SMILES string of the molecule is OC(OC1COC1)N1CCN(c2ccnn3cc(-c4ccc(C5(C(F)(F)F)CCNCC5)cc4)cc23)CC1. The van der Waals surface area contributed by atoms with Crippen LogP contribution in [0.4, 0.5) is 18.9 Å². The summed E-state index contributed by atoms with van der Waals surface area (Å²) in [5.41, 5.74) is 2.22. The molecule has 0 bridgehead atoms. The number of alkyl halides is 3. The van der Waals surface area contributed by atoms with E-state index in [2.05, 4.69) is 15.3 Å². The van der Waals surface area contributed by atoms with Crippen molar-refractivity contribution in [2.45, 2.75) is 37.0 Å². The Morgan fingerprint density at radius 1 is 1.03 bits per heavy atom. The fourth-order valence-electron chi connectivity index (χ4n) is 5.73. The first-order valence-electron chi connectivity index (χ1n) is 13.1. The van der Waals surface area contributed by atoms with Crippen molar-refractivity contribution in [1.29, 1.82) is 0 Å². The maximum absolute atomic E-state index is 14.1. The van der Waals surface area contributed by atoms with Gasteiger partial charge in [0.1, 0.15) is 6.10 Å². The second-order valence-electron chi connectivity index (χ2n) is 10.3. The topological polar surface area (TPSA) is 74.5 Å². The van der Waals surface area contributed by atoms with Crippen molar-refractivity contribution in [2.75, 3.05) is 57.4 Å². The molecule has 6 rings (SSSR count). The van der Waals surface area contributed by atoms with E-state index in [0.717, 1.165) is 22.3 Å². The second kappa shape index (κ2) is 10.1. The summed E-state index contributed by atoms with van der Waals surface area (Å²) in [6.45, 7) is 4.48. The molecule has 38 heavy (non-hydrogen) atoms. The van der Waals surface area contributed by atoms with Gasteiger partial charge in [-0.05, 0) is 49.2 Å². The lowest BCUT2D eigenvalue weighted by atomic mass is 9.72. The minimum atomic E-state index is -4.29. The van der Waals surface area contributed by atoms with Crippen LogP contribution in [0.5, 0.6) is 0 Å². The average Bonchev–Trinajstić information content (AvgIpc) is 3.35. The maximum atomic E-state index is 14.1. The number of hydrogen-bond donors (Lipinski definition) is 2. The second-order valence-corrected chi connectivity index (χ2v) is 10.3. The minimum Gasteiger partial charge on any atom is -0.376 e. The van der Waals surface area contributed by atoms with E-state index in [0.29, 0.717) is 58.0 Å². The van der Waals surface area contributed by atoms with E-state index in [-0.39, 0.29) is 18.9 Å². The molecule has 11 heteroatoms. The molecule has 0 aliphatic carbocycles. The Kier molecular flexibility index (Phi) is 6.81. The number of rotatable bonds is 6. The average molecular weight is 532 g/mol. The summed E-state index contributed by atoms with van der Waals surface area (Å²) in [5, 5.41) is 17.9. The van der Waals surface area contributed by atoms with Crippen LogP contribution >= 0.6 is 0 Å². The highest BCUT2D eigenvalue weighted by Gasteiger charge is 2.55. The van der Waals surface area contributed by atoms with Gasteiger partial charge in [-0.3, -0.25) is 4.90 Å². The summed E-state index contributed by atoms with van der Waals surface area (Å²) in [6.07, 6.45) is -1.53. The molecule has 2 aromatic heterocycles. The van der Waals surface area contributed by atoms with Crippen molar-refractivity contribution in [1.82, 2.24) is 19.8 Å². The molecule has 0 radical (unpaired) electrons. The van der Waals surface area contributed by atoms with Gasteiger partial charge >= 0.3 is 6.18 Å². The zero-order valence-corrected chi connectivity index (χ0v) is 21.0. The molecule has 3 saturated heterocycles. The fourth-order valence-corrected chi connectivity index (χ4v) is 5.73. The molecule has 204 valence electrons. The van der Waals surface area contributed by atoms with Crippen molar-refractivity contribution in [3.8, 4) is 11.1 Å². The van der Waals surface area contributed by atoms with Gasteiger partial charge in [0.15, 0.2) is 0 Å². The summed E-state index contributed by atoms with van der Waals surface area (Å²) in [7, 11) is 0. The van der Waals surface area contributed by atoms with Crippen LogP contribution in [-0.4, -0.2) is 90.8 Å². The van der Waals surface area contributed by atoms with Crippen molar-refractivity contribution in [3.05, 3.63) is 54.4 Å². The molecule has 3 aromatic rings. The third-order valence-electron chi connectivity index (χ3n) is 8.15. The van der Waals surface area contributed by atoms with E-state index in [4.69, 9.17) is 9.47 Å². The van der Waals surface area contributed by atoms with Crippen LogP contribution in [0, 0.1) is 0 Å². The van der Waals surface area contributed by atoms with E-state index in [1.807, 2.05) is 27.7 Å².